The van der Waals surface area contributed by atoms with Crippen molar-refractivity contribution in [3.8, 4) is 0 Å². The highest BCUT2D eigenvalue weighted by atomic mass is 79.9. The molecule has 0 bridgehead atoms. The molecule has 0 heterocycles. The normalized spacial score (nSPS) is 16.0. The van der Waals surface area contributed by atoms with Crippen LogP contribution in [0.4, 0.5) is 0 Å². The summed E-state index contributed by atoms with van der Waals surface area (Å²) in [5, 5.41) is 0. The fraction of sp³-hybridized carbons (Fsp3) is 1.00. The average molecular weight is 300 g/mol. The van der Waals surface area contributed by atoms with Crippen molar-refractivity contribution in [1.82, 2.24) is 0 Å². The van der Waals surface area contributed by atoms with Crippen LogP contribution in [-0.2, 0) is 0 Å². The highest BCUT2D eigenvalue weighted by molar-refractivity contribution is 9.09. The Hall–Kier alpha value is 0.960. The summed E-state index contributed by atoms with van der Waals surface area (Å²) in [5.74, 6) is 0. The molecule has 74 valence electrons. The molecule has 0 saturated heterocycles. The maximum atomic E-state index is 3.56. The summed E-state index contributed by atoms with van der Waals surface area (Å²) < 4.78 is 0. The average Bonchev–Trinajstić information content (AvgIpc) is 1.95. The first-order valence-electron chi connectivity index (χ1n) is 4.91. The predicted molar refractivity (Wildman–Crippen MR) is 64.5 cm³/mol. The minimum Gasteiger partial charge on any atom is -0.0894 e. The molecule has 12 heavy (non-hydrogen) atoms. The zero-order valence-corrected chi connectivity index (χ0v) is 11.3. The summed E-state index contributed by atoms with van der Waals surface area (Å²) in [6.45, 7) is 4.45. The summed E-state index contributed by atoms with van der Waals surface area (Å²) in [7, 11) is 0. The molecule has 0 amide bonds. The lowest BCUT2D eigenvalue weighted by atomic mass is 10.1. The van der Waals surface area contributed by atoms with Crippen molar-refractivity contribution >= 4 is 31.9 Å². The van der Waals surface area contributed by atoms with E-state index in [0.29, 0.717) is 9.65 Å². The molecule has 0 radical (unpaired) electrons. The topological polar surface area (TPSA) is 0 Å². The van der Waals surface area contributed by atoms with Crippen LogP contribution in [-0.4, -0.2) is 9.65 Å². The van der Waals surface area contributed by atoms with E-state index in [9.17, 15) is 0 Å². The summed E-state index contributed by atoms with van der Waals surface area (Å²) in [6.07, 6.45) is 8.20. The smallest absolute Gasteiger partial charge is 0.0117 e. The number of hydrogen-bond donors (Lipinski definition) is 0. The van der Waals surface area contributed by atoms with E-state index in [1.54, 1.807) is 0 Å². The second-order valence-electron chi connectivity index (χ2n) is 3.55. The van der Waals surface area contributed by atoms with Gasteiger partial charge in [0, 0.05) is 9.65 Å². The van der Waals surface area contributed by atoms with Crippen LogP contribution >= 0.6 is 31.9 Å². The summed E-state index contributed by atoms with van der Waals surface area (Å²) in [4.78, 5) is 1.40. The Morgan fingerprint density at radius 3 is 1.33 bits per heavy atom. The molecule has 2 heteroatoms. The molecule has 0 fully saturated rings. The van der Waals surface area contributed by atoms with Crippen LogP contribution < -0.4 is 0 Å². The Morgan fingerprint density at radius 1 is 0.750 bits per heavy atom. The fourth-order valence-corrected chi connectivity index (χ4v) is 1.85. The number of rotatable bonds is 7. The molecule has 0 aromatic heterocycles. The van der Waals surface area contributed by atoms with E-state index in [1.807, 2.05) is 0 Å². The second-order valence-corrected chi connectivity index (χ2v) is 6.68. The van der Waals surface area contributed by atoms with Crippen LogP contribution in [0.3, 0.4) is 0 Å². The third-order valence-corrected chi connectivity index (χ3v) is 2.87. The molecule has 0 rings (SSSR count). The van der Waals surface area contributed by atoms with Gasteiger partial charge in [0.15, 0.2) is 0 Å². The molecule has 0 nitrogen and oxygen atoms in total. The number of hydrogen-bond acceptors (Lipinski definition) is 0. The largest absolute Gasteiger partial charge is 0.0894 e. The van der Waals surface area contributed by atoms with Crippen molar-refractivity contribution in [2.75, 3.05) is 0 Å². The van der Waals surface area contributed by atoms with Crippen LogP contribution in [0.2, 0.25) is 0 Å². The third-order valence-electron chi connectivity index (χ3n) is 1.95. The number of halogens is 2. The van der Waals surface area contributed by atoms with Gasteiger partial charge in [0.25, 0.3) is 0 Å². The van der Waals surface area contributed by atoms with E-state index in [4.69, 9.17) is 0 Å². The Labute approximate surface area is 93.8 Å². The van der Waals surface area contributed by atoms with E-state index in [-0.39, 0.29) is 0 Å². The first kappa shape index (κ1) is 13.0. The van der Waals surface area contributed by atoms with Crippen molar-refractivity contribution in [2.24, 2.45) is 0 Å². The van der Waals surface area contributed by atoms with Crippen molar-refractivity contribution < 1.29 is 0 Å². The van der Waals surface area contributed by atoms with Crippen LogP contribution in [0.1, 0.15) is 52.4 Å². The monoisotopic (exact) mass is 298 g/mol. The molecule has 0 aliphatic rings. The molecule has 2 atom stereocenters. The zero-order chi connectivity index (χ0) is 9.40. The van der Waals surface area contributed by atoms with Gasteiger partial charge in [-0.3, -0.25) is 0 Å². The number of alkyl halides is 2. The van der Waals surface area contributed by atoms with Gasteiger partial charge < -0.3 is 0 Å². The molecule has 0 aliphatic heterocycles. The lowest BCUT2D eigenvalue weighted by molar-refractivity contribution is 0.596. The zero-order valence-electron chi connectivity index (χ0n) is 8.15. The summed E-state index contributed by atoms with van der Waals surface area (Å²) in [5.41, 5.74) is 0. The quantitative estimate of drug-likeness (QED) is 0.463. The van der Waals surface area contributed by atoms with Crippen molar-refractivity contribution in [3.63, 3.8) is 0 Å². The Balaban J connectivity index is 2.91. The first-order valence-corrected chi connectivity index (χ1v) is 6.74. The van der Waals surface area contributed by atoms with Crippen molar-refractivity contribution in [2.45, 2.75) is 62.0 Å². The lowest BCUT2D eigenvalue weighted by Crippen LogP contribution is -1.91. The minimum atomic E-state index is 0.701. The van der Waals surface area contributed by atoms with Crippen LogP contribution in [0.5, 0.6) is 0 Å². The van der Waals surface area contributed by atoms with Crippen molar-refractivity contribution in [3.05, 3.63) is 0 Å². The highest BCUT2D eigenvalue weighted by Crippen LogP contribution is 2.14. The first-order chi connectivity index (χ1) is 5.63. The summed E-state index contributed by atoms with van der Waals surface area (Å²) >= 11 is 7.12. The molecule has 0 spiro atoms. The number of unbranched alkanes of at least 4 members (excludes halogenated alkanes) is 3. The Morgan fingerprint density at radius 2 is 1.08 bits per heavy atom. The van der Waals surface area contributed by atoms with Crippen molar-refractivity contribution in [1.29, 1.82) is 0 Å². The predicted octanol–water partition coefficient (Wildman–Crippen LogP) is 4.89. The van der Waals surface area contributed by atoms with Crippen LogP contribution in [0.15, 0.2) is 0 Å². The van der Waals surface area contributed by atoms with Gasteiger partial charge in [-0.25, -0.2) is 0 Å². The van der Waals surface area contributed by atoms with Crippen LogP contribution in [0.25, 0.3) is 0 Å². The third kappa shape index (κ3) is 11.0. The van der Waals surface area contributed by atoms with Gasteiger partial charge in [0.1, 0.15) is 0 Å². The van der Waals surface area contributed by atoms with Crippen LogP contribution in [0, 0.1) is 0 Å². The summed E-state index contributed by atoms with van der Waals surface area (Å²) in [6, 6.07) is 0. The van der Waals surface area contributed by atoms with E-state index in [0.717, 1.165) is 0 Å². The Kier molecular flexibility index (Phi) is 9.24. The van der Waals surface area contributed by atoms with Gasteiger partial charge in [0.05, 0.1) is 0 Å². The maximum absolute atomic E-state index is 3.56. The maximum Gasteiger partial charge on any atom is 0.0117 e. The standard InChI is InChI=1S/C10H20Br2/c1-9(11)7-5-3-4-6-8-10(2)12/h9-10H,3-8H2,1-2H3. The van der Waals surface area contributed by atoms with Gasteiger partial charge in [-0.1, -0.05) is 71.4 Å². The highest BCUT2D eigenvalue weighted by Gasteiger charge is 1.97. The van der Waals surface area contributed by atoms with Gasteiger partial charge in [-0.2, -0.15) is 0 Å². The molecule has 0 saturated carbocycles. The SMILES string of the molecule is CC(Br)CCCCCCC(C)Br. The fourth-order valence-electron chi connectivity index (χ4n) is 1.20. The molecule has 0 N–H and O–H groups in total. The van der Waals surface area contributed by atoms with Gasteiger partial charge >= 0.3 is 0 Å². The molecule has 2 unspecified atom stereocenters. The molecular formula is C10H20Br2. The second kappa shape index (κ2) is 8.55. The molecule has 0 aromatic rings. The van der Waals surface area contributed by atoms with E-state index in [2.05, 4.69) is 45.7 Å². The van der Waals surface area contributed by atoms with E-state index in [1.165, 1.54) is 38.5 Å². The molecule has 0 aromatic carbocycles. The van der Waals surface area contributed by atoms with E-state index >= 15 is 0 Å². The van der Waals surface area contributed by atoms with Gasteiger partial charge in [0.2, 0.25) is 0 Å². The minimum absolute atomic E-state index is 0.701. The van der Waals surface area contributed by atoms with Gasteiger partial charge in [-0.15, -0.1) is 0 Å². The lowest BCUT2D eigenvalue weighted by Gasteiger charge is -2.04. The molecular weight excluding hydrogens is 280 g/mol. The Bertz CT molecular complexity index is 77.8. The van der Waals surface area contributed by atoms with E-state index < -0.39 is 0 Å². The molecule has 0 aliphatic carbocycles. The van der Waals surface area contributed by atoms with Gasteiger partial charge in [-0.05, 0) is 12.8 Å².